The predicted octanol–water partition coefficient (Wildman–Crippen LogP) is 0.263. The number of carbonyl (C=O) groups excluding carboxylic acids is 1. The molecule has 7 nitrogen and oxygen atoms in total. The molecule has 1 atom stereocenters. The summed E-state index contributed by atoms with van der Waals surface area (Å²) in [5.74, 6) is -0.359. The van der Waals surface area contributed by atoms with E-state index in [0.29, 0.717) is 12.6 Å². The van der Waals surface area contributed by atoms with E-state index in [1.54, 1.807) is 0 Å². The second-order valence-electron chi connectivity index (χ2n) is 5.64. The number of hydrogen-bond acceptors (Lipinski definition) is 5. The van der Waals surface area contributed by atoms with Crippen LogP contribution in [-0.2, 0) is 0 Å². The van der Waals surface area contributed by atoms with Crippen LogP contribution in [0.25, 0.3) is 0 Å². The molecule has 0 bridgehead atoms. The molecule has 110 valence electrons. The van der Waals surface area contributed by atoms with Gasteiger partial charge in [0.2, 0.25) is 0 Å². The molecule has 0 spiro atoms. The van der Waals surface area contributed by atoms with Crippen molar-refractivity contribution in [2.75, 3.05) is 38.7 Å². The van der Waals surface area contributed by atoms with E-state index in [1.807, 2.05) is 0 Å². The van der Waals surface area contributed by atoms with Crippen LogP contribution >= 0.6 is 11.6 Å². The van der Waals surface area contributed by atoms with E-state index in [0.717, 1.165) is 17.4 Å². The number of amides is 1. The van der Waals surface area contributed by atoms with Crippen LogP contribution in [0.15, 0.2) is 0 Å². The number of nitrogen functional groups attached to an aromatic ring is 2. The third kappa shape index (κ3) is 2.94. The fraction of sp³-hybridized carbons (Fsp3) is 0.583. The summed E-state index contributed by atoms with van der Waals surface area (Å²) in [6.45, 7) is 1.70. The van der Waals surface area contributed by atoms with Crippen molar-refractivity contribution < 1.29 is 9.28 Å². The summed E-state index contributed by atoms with van der Waals surface area (Å²) >= 11 is 5.77. The van der Waals surface area contributed by atoms with Gasteiger partial charge in [0, 0.05) is 12.8 Å². The van der Waals surface area contributed by atoms with Gasteiger partial charge in [0.15, 0.2) is 22.5 Å². The number of nitrogens with one attached hydrogen (secondary N) is 1. The molecule has 1 aromatic rings. The fourth-order valence-electron chi connectivity index (χ4n) is 2.52. The third-order valence-electron chi connectivity index (χ3n) is 3.88. The van der Waals surface area contributed by atoms with Crippen LogP contribution < -0.4 is 16.8 Å². The Balaban J connectivity index is 2.04. The van der Waals surface area contributed by atoms with Crippen molar-refractivity contribution in [3.05, 3.63) is 10.8 Å². The lowest BCUT2D eigenvalue weighted by atomic mass is 10.2. The van der Waals surface area contributed by atoms with E-state index in [-0.39, 0.29) is 28.4 Å². The van der Waals surface area contributed by atoms with Crippen molar-refractivity contribution in [3.63, 3.8) is 0 Å². The third-order valence-corrected chi connectivity index (χ3v) is 4.16. The van der Waals surface area contributed by atoms with Gasteiger partial charge in [-0.05, 0) is 0 Å². The maximum atomic E-state index is 12.1. The summed E-state index contributed by atoms with van der Waals surface area (Å²) in [4.78, 5) is 19.8. The number of nitrogens with two attached hydrogens (primary N) is 2. The van der Waals surface area contributed by atoms with Crippen LogP contribution in [0.4, 0.5) is 11.6 Å². The Bertz CT molecular complexity index is 533. The molecular formula is C12H20ClN6O+. The number of quaternary nitrogens is 1. The van der Waals surface area contributed by atoms with Gasteiger partial charge >= 0.3 is 0 Å². The van der Waals surface area contributed by atoms with Crippen molar-refractivity contribution in [1.29, 1.82) is 0 Å². The highest BCUT2D eigenvalue weighted by Crippen LogP contribution is 2.22. The average Bonchev–Trinajstić information content (AvgIpc) is 2.70. The van der Waals surface area contributed by atoms with E-state index in [9.17, 15) is 4.79 Å². The SMILES string of the molecule is C[N+]1(C)CCCC1CNC(=O)c1nc(Cl)c(N)nc1N. The van der Waals surface area contributed by atoms with Gasteiger partial charge in [-0.3, -0.25) is 4.79 Å². The highest BCUT2D eigenvalue weighted by atomic mass is 35.5. The monoisotopic (exact) mass is 299 g/mol. The van der Waals surface area contributed by atoms with Crippen LogP contribution in [0.3, 0.4) is 0 Å². The first-order valence-electron chi connectivity index (χ1n) is 6.50. The normalized spacial score (nSPS) is 20.9. The lowest BCUT2D eigenvalue weighted by Gasteiger charge is -2.31. The summed E-state index contributed by atoms with van der Waals surface area (Å²) in [6, 6.07) is 0.400. The fourth-order valence-corrected chi connectivity index (χ4v) is 2.65. The summed E-state index contributed by atoms with van der Waals surface area (Å²) < 4.78 is 0.907. The molecule has 1 saturated heterocycles. The van der Waals surface area contributed by atoms with Gasteiger partial charge in [0.05, 0.1) is 27.2 Å². The predicted molar refractivity (Wildman–Crippen MR) is 78.2 cm³/mol. The van der Waals surface area contributed by atoms with Crippen LogP contribution in [0, 0.1) is 0 Å². The van der Waals surface area contributed by atoms with E-state index < -0.39 is 0 Å². The number of aromatic nitrogens is 2. The number of rotatable bonds is 3. The second-order valence-corrected chi connectivity index (χ2v) is 6.00. The first-order valence-corrected chi connectivity index (χ1v) is 6.88. The minimum atomic E-state index is -0.371. The molecule has 0 aliphatic carbocycles. The topological polar surface area (TPSA) is 107 Å². The molecule has 20 heavy (non-hydrogen) atoms. The lowest BCUT2D eigenvalue weighted by molar-refractivity contribution is -0.900. The van der Waals surface area contributed by atoms with Crippen LogP contribution in [-0.4, -0.2) is 53.6 Å². The minimum Gasteiger partial charge on any atom is -0.382 e. The smallest absolute Gasteiger partial charge is 0.274 e. The Morgan fingerprint density at radius 2 is 2.10 bits per heavy atom. The standard InChI is InChI=1S/C12H19ClN6O/c1-19(2)5-3-4-7(19)6-16-12(20)8-10(14)18-11(15)9(13)17-8/h7H,3-6H2,1-2H3,(H4-,14,15,16,18,20)/p+1. The molecule has 8 heteroatoms. The highest BCUT2D eigenvalue weighted by molar-refractivity contribution is 6.31. The minimum absolute atomic E-state index is 0.00966. The van der Waals surface area contributed by atoms with Crippen molar-refractivity contribution in [2.24, 2.45) is 0 Å². The first-order chi connectivity index (χ1) is 9.31. The molecular weight excluding hydrogens is 280 g/mol. The Kier molecular flexibility index (Phi) is 4.01. The maximum Gasteiger partial charge on any atom is 0.274 e. The number of halogens is 1. The first kappa shape index (κ1) is 14.8. The van der Waals surface area contributed by atoms with Crippen molar-refractivity contribution in [3.8, 4) is 0 Å². The van der Waals surface area contributed by atoms with E-state index in [1.165, 1.54) is 6.42 Å². The molecule has 0 radical (unpaired) electrons. The zero-order chi connectivity index (χ0) is 14.9. The number of likely N-dealkylation sites (tertiary alicyclic amines) is 1. The summed E-state index contributed by atoms with van der Waals surface area (Å²) in [5, 5.41) is 2.83. The molecule has 1 amide bonds. The number of carbonyl (C=O) groups is 1. The molecule has 1 aliphatic rings. The lowest BCUT2D eigenvalue weighted by Crippen LogP contribution is -2.49. The van der Waals surface area contributed by atoms with Gasteiger partial charge in [-0.15, -0.1) is 0 Å². The van der Waals surface area contributed by atoms with Crippen LogP contribution in [0.2, 0.25) is 5.15 Å². The molecule has 1 aromatic heterocycles. The quantitative estimate of drug-likeness (QED) is 0.694. The molecule has 5 N–H and O–H groups in total. The number of hydrogen-bond donors (Lipinski definition) is 3. The van der Waals surface area contributed by atoms with Crippen molar-refractivity contribution in [1.82, 2.24) is 15.3 Å². The Morgan fingerprint density at radius 1 is 1.40 bits per heavy atom. The molecule has 1 fully saturated rings. The summed E-state index contributed by atoms with van der Waals surface area (Å²) in [6.07, 6.45) is 2.26. The van der Waals surface area contributed by atoms with Gasteiger partial charge in [-0.2, -0.15) is 0 Å². The molecule has 0 aromatic carbocycles. The van der Waals surface area contributed by atoms with E-state index in [4.69, 9.17) is 23.1 Å². The summed E-state index contributed by atoms with van der Waals surface area (Å²) in [7, 11) is 4.33. The van der Waals surface area contributed by atoms with Crippen molar-refractivity contribution >= 4 is 29.1 Å². The van der Waals surface area contributed by atoms with Gasteiger partial charge in [-0.25, -0.2) is 9.97 Å². The largest absolute Gasteiger partial charge is 0.382 e. The molecule has 0 saturated carbocycles. The molecule has 2 heterocycles. The van der Waals surface area contributed by atoms with Gasteiger partial charge in [0.1, 0.15) is 6.04 Å². The van der Waals surface area contributed by atoms with Gasteiger partial charge in [-0.1, -0.05) is 11.6 Å². The second kappa shape index (κ2) is 5.41. The summed E-state index contributed by atoms with van der Waals surface area (Å²) in [5.41, 5.74) is 11.2. The van der Waals surface area contributed by atoms with E-state index >= 15 is 0 Å². The number of nitrogens with zero attached hydrogens (tertiary/aromatic N) is 3. The number of likely N-dealkylation sites (N-methyl/N-ethyl adjacent to an activating group) is 1. The van der Waals surface area contributed by atoms with Crippen molar-refractivity contribution in [2.45, 2.75) is 18.9 Å². The Labute approximate surface area is 122 Å². The Morgan fingerprint density at radius 3 is 2.70 bits per heavy atom. The Hall–Kier alpha value is -1.60. The van der Waals surface area contributed by atoms with Crippen LogP contribution in [0.1, 0.15) is 23.3 Å². The molecule has 1 aliphatic heterocycles. The molecule has 1 unspecified atom stereocenters. The zero-order valence-electron chi connectivity index (χ0n) is 11.7. The van der Waals surface area contributed by atoms with Gasteiger partial charge < -0.3 is 21.3 Å². The zero-order valence-corrected chi connectivity index (χ0v) is 12.4. The van der Waals surface area contributed by atoms with Crippen LogP contribution in [0.5, 0.6) is 0 Å². The average molecular weight is 300 g/mol. The number of anilines is 2. The highest BCUT2D eigenvalue weighted by Gasteiger charge is 2.34. The maximum absolute atomic E-state index is 12.1. The molecule has 2 rings (SSSR count). The van der Waals surface area contributed by atoms with E-state index in [2.05, 4.69) is 29.4 Å². The van der Waals surface area contributed by atoms with Gasteiger partial charge in [0.25, 0.3) is 5.91 Å².